The molecule has 0 saturated carbocycles. The molecule has 6 nitrogen and oxygen atoms in total. The number of H-pyrrole nitrogens is 2. The Bertz CT molecular complexity index is 1710. The first-order valence-electron chi connectivity index (χ1n) is 12.0. The molecule has 3 aromatic heterocycles. The molecule has 0 unspecified atom stereocenters. The van der Waals surface area contributed by atoms with Crippen LogP contribution < -0.4 is 5.32 Å². The van der Waals surface area contributed by atoms with E-state index in [9.17, 15) is 9.18 Å². The molecule has 5 rings (SSSR count). The lowest BCUT2D eigenvalue weighted by Gasteiger charge is -2.07. The van der Waals surface area contributed by atoms with E-state index in [1.807, 2.05) is 55.5 Å². The SMILES string of the molecule is C=C/C(=C\C(=C/C)c1cc2c(-c3cc4c(-c5cccc(F)c5)cccc4[nH]3)n[nH]c2cn1)NC(=O)CC. The van der Waals surface area contributed by atoms with Crippen molar-refractivity contribution >= 4 is 33.3 Å². The van der Waals surface area contributed by atoms with Gasteiger partial charge in [0.05, 0.1) is 23.1 Å². The number of nitrogens with zero attached hydrogens (tertiary/aromatic N) is 2. The smallest absolute Gasteiger partial charge is 0.224 e. The van der Waals surface area contributed by atoms with Crippen molar-refractivity contribution in [2.24, 2.45) is 0 Å². The number of fused-ring (bicyclic) bond motifs is 2. The number of hydrogen-bond donors (Lipinski definition) is 3. The van der Waals surface area contributed by atoms with Gasteiger partial charge in [0, 0.05) is 28.4 Å². The average Bonchev–Trinajstić information content (AvgIpc) is 3.54. The summed E-state index contributed by atoms with van der Waals surface area (Å²) in [5, 5.41) is 12.4. The topological polar surface area (TPSA) is 86.5 Å². The molecule has 0 aliphatic heterocycles. The maximum absolute atomic E-state index is 13.9. The lowest BCUT2D eigenvalue weighted by Crippen LogP contribution is -2.20. The summed E-state index contributed by atoms with van der Waals surface area (Å²) in [6.07, 6.45) is 7.52. The van der Waals surface area contributed by atoms with Crippen LogP contribution in [0, 0.1) is 5.82 Å². The molecule has 3 heterocycles. The van der Waals surface area contributed by atoms with Crippen LogP contribution in [0.4, 0.5) is 4.39 Å². The van der Waals surface area contributed by atoms with Gasteiger partial charge in [0.15, 0.2) is 0 Å². The van der Waals surface area contributed by atoms with E-state index in [2.05, 4.69) is 32.1 Å². The highest BCUT2D eigenvalue weighted by Crippen LogP contribution is 2.34. The van der Waals surface area contributed by atoms with Gasteiger partial charge in [-0.3, -0.25) is 14.9 Å². The van der Waals surface area contributed by atoms with Crippen LogP contribution in [0.5, 0.6) is 0 Å². The van der Waals surface area contributed by atoms with E-state index >= 15 is 0 Å². The number of allylic oxidation sites excluding steroid dienone is 4. The molecule has 37 heavy (non-hydrogen) atoms. The van der Waals surface area contributed by atoms with E-state index in [-0.39, 0.29) is 11.7 Å². The minimum Gasteiger partial charge on any atom is -0.353 e. The van der Waals surface area contributed by atoms with E-state index in [0.717, 1.165) is 55.6 Å². The number of nitrogens with one attached hydrogen (secondary N) is 3. The Kier molecular flexibility index (Phi) is 6.51. The van der Waals surface area contributed by atoms with Crippen LogP contribution in [-0.4, -0.2) is 26.1 Å². The summed E-state index contributed by atoms with van der Waals surface area (Å²) in [5.74, 6) is -0.357. The summed E-state index contributed by atoms with van der Waals surface area (Å²) in [7, 11) is 0. The van der Waals surface area contributed by atoms with Gasteiger partial charge < -0.3 is 10.3 Å². The quantitative estimate of drug-likeness (QED) is 0.216. The molecule has 7 heteroatoms. The molecule has 2 aromatic carbocycles. The number of carbonyl (C=O) groups is 1. The number of halogens is 1. The van der Waals surface area contributed by atoms with Gasteiger partial charge in [0.2, 0.25) is 5.91 Å². The Morgan fingerprint density at radius 2 is 1.95 bits per heavy atom. The van der Waals surface area contributed by atoms with Crippen LogP contribution in [-0.2, 0) is 4.79 Å². The van der Waals surface area contributed by atoms with Gasteiger partial charge in [-0.15, -0.1) is 0 Å². The summed E-state index contributed by atoms with van der Waals surface area (Å²) < 4.78 is 13.9. The number of benzene rings is 2. The lowest BCUT2D eigenvalue weighted by molar-refractivity contribution is -0.120. The summed E-state index contributed by atoms with van der Waals surface area (Å²) in [4.78, 5) is 19.9. The van der Waals surface area contributed by atoms with Gasteiger partial charge in [-0.1, -0.05) is 43.8 Å². The number of pyridine rings is 1. The standard InChI is InChI=1S/C30H26FN5O/c1-4-18(14-21(5-2)33-29(37)6-3)26-16-24-28(17-32-26)35-36-30(24)27-15-23-22(11-8-12-25(23)34-27)19-9-7-10-20(31)13-19/h4-5,7-17,34H,2,6H2,1,3H3,(H,33,37)(H,35,36)/b18-4+,21-14+. The first kappa shape index (κ1) is 23.9. The largest absolute Gasteiger partial charge is 0.353 e. The fourth-order valence-electron chi connectivity index (χ4n) is 4.34. The molecule has 0 atom stereocenters. The summed E-state index contributed by atoms with van der Waals surface area (Å²) in [6.45, 7) is 7.53. The van der Waals surface area contributed by atoms with E-state index in [0.29, 0.717) is 12.1 Å². The predicted octanol–water partition coefficient (Wildman–Crippen LogP) is 6.91. The van der Waals surface area contributed by atoms with E-state index in [1.54, 1.807) is 25.3 Å². The molecule has 0 spiro atoms. The fraction of sp³-hybridized carbons (Fsp3) is 0.100. The normalized spacial score (nSPS) is 12.3. The van der Waals surface area contributed by atoms with Crippen molar-refractivity contribution in [3.63, 3.8) is 0 Å². The molecule has 0 radical (unpaired) electrons. The maximum atomic E-state index is 13.9. The minimum atomic E-state index is -0.272. The monoisotopic (exact) mass is 491 g/mol. The van der Waals surface area contributed by atoms with Gasteiger partial charge in [-0.2, -0.15) is 5.10 Å². The first-order valence-corrected chi connectivity index (χ1v) is 12.0. The van der Waals surface area contributed by atoms with Crippen LogP contribution in [0.3, 0.4) is 0 Å². The van der Waals surface area contributed by atoms with E-state index in [1.165, 1.54) is 12.1 Å². The van der Waals surface area contributed by atoms with Gasteiger partial charge in [-0.25, -0.2) is 4.39 Å². The zero-order chi connectivity index (χ0) is 25.9. The molecular weight excluding hydrogens is 465 g/mol. The first-order chi connectivity index (χ1) is 18.0. The molecule has 5 aromatic rings. The highest BCUT2D eigenvalue weighted by atomic mass is 19.1. The van der Waals surface area contributed by atoms with Gasteiger partial charge in [0.1, 0.15) is 11.5 Å². The van der Waals surface area contributed by atoms with Crippen LogP contribution in [0.2, 0.25) is 0 Å². The van der Waals surface area contributed by atoms with Crippen LogP contribution in [0.25, 0.3) is 49.9 Å². The van der Waals surface area contributed by atoms with Crippen molar-refractivity contribution in [1.82, 2.24) is 25.5 Å². The average molecular weight is 492 g/mol. The molecule has 3 N–H and O–H groups in total. The van der Waals surface area contributed by atoms with Crippen molar-refractivity contribution in [3.8, 4) is 22.5 Å². The van der Waals surface area contributed by atoms with Crippen molar-refractivity contribution in [1.29, 1.82) is 0 Å². The molecule has 0 fully saturated rings. The second-order valence-corrected chi connectivity index (χ2v) is 8.60. The second-order valence-electron chi connectivity index (χ2n) is 8.60. The fourth-order valence-corrected chi connectivity index (χ4v) is 4.34. The Hall–Kier alpha value is -4.78. The summed E-state index contributed by atoms with van der Waals surface area (Å²) in [5.41, 5.74) is 7.25. The van der Waals surface area contributed by atoms with Gasteiger partial charge >= 0.3 is 0 Å². The molecule has 0 aliphatic rings. The number of hydrogen-bond acceptors (Lipinski definition) is 3. The summed E-state index contributed by atoms with van der Waals surface area (Å²) >= 11 is 0. The van der Waals surface area contributed by atoms with Crippen LogP contribution >= 0.6 is 0 Å². The van der Waals surface area contributed by atoms with Crippen molar-refractivity contribution < 1.29 is 9.18 Å². The van der Waals surface area contributed by atoms with Crippen molar-refractivity contribution in [2.45, 2.75) is 20.3 Å². The molecule has 184 valence electrons. The number of rotatable bonds is 7. The Morgan fingerprint density at radius 1 is 1.11 bits per heavy atom. The Balaban J connectivity index is 1.58. The highest BCUT2D eigenvalue weighted by molar-refractivity contribution is 6.01. The van der Waals surface area contributed by atoms with Crippen molar-refractivity contribution in [3.05, 3.63) is 103 Å². The van der Waals surface area contributed by atoms with Crippen molar-refractivity contribution in [2.75, 3.05) is 0 Å². The zero-order valence-corrected chi connectivity index (χ0v) is 20.6. The van der Waals surface area contributed by atoms with E-state index < -0.39 is 0 Å². The third kappa shape index (κ3) is 4.71. The van der Waals surface area contributed by atoms with Crippen LogP contribution in [0.1, 0.15) is 26.0 Å². The highest BCUT2D eigenvalue weighted by Gasteiger charge is 2.15. The predicted molar refractivity (Wildman–Crippen MR) is 147 cm³/mol. The third-order valence-corrected chi connectivity index (χ3v) is 6.24. The minimum absolute atomic E-state index is 0.0847. The number of amides is 1. The third-order valence-electron chi connectivity index (χ3n) is 6.24. The summed E-state index contributed by atoms with van der Waals surface area (Å²) in [6, 6.07) is 16.5. The Labute approximate surface area is 213 Å². The van der Waals surface area contributed by atoms with Crippen LogP contribution in [0.15, 0.2) is 91.3 Å². The number of aromatic nitrogens is 4. The van der Waals surface area contributed by atoms with Gasteiger partial charge in [-0.05, 0) is 66.1 Å². The van der Waals surface area contributed by atoms with Gasteiger partial charge in [0.25, 0.3) is 0 Å². The maximum Gasteiger partial charge on any atom is 0.224 e. The molecule has 1 amide bonds. The lowest BCUT2D eigenvalue weighted by atomic mass is 10.0. The zero-order valence-electron chi connectivity index (χ0n) is 20.6. The molecule has 0 saturated heterocycles. The number of aromatic amines is 2. The Morgan fingerprint density at radius 3 is 2.70 bits per heavy atom. The number of carbonyl (C=O) groups excluding carboxylic acids is 1. The second kappa shape index (κ2) is 10.1. The molecule has 0 aliphatic carbocycles. The molecule has 0 bridgehead atoms. The van der Waals surface area contributed by atoms with E-state index in [4.69, 9.17) is 0 Å². The molecular formula is C30H26FN5O.